The fourth-order valence-corrected chi connectivity index (χ4v) is 2.64. The van der Waals surface area contributed by atoms with Crippen LogP contribution in [0.5, 0.6) is 5.75 Å². The summed E-state index contributed by atoms with van der Waals surface area (Å²) < 4.78 is 6.49. The number of aryl methyl sites for hydroxylation is 1. The van der Waals surface area contributed by atoms with Crippen LogP contribution in [0.3, 0.4) is 0 Å². The van der Waals surface area contributed by atoms with Crippen LogP contribution in [0.4, 0.5) is 5.69 Å². The Balaban J connectivity index is 2.14. The van der Waals surface area contributed by atoms with Crippen LogP contribution in [-0.2, 0) is 4.79 Å². The Labute approximate surface area is 162 Å². The molecule has 0 atom stereocenters. The fraction of sp³-hybridized carbons (Fsp3) is 0.238. The van der Waals surface area contributed by atoms with E-state index in [4.69, 9.17) is 4.74 Å². The molecule has 0 aliphatic carbocycles. The van der Waals surface area contributed by atoms with E-state index in [1.54, 1.807) is 18.2 Å². The molecule has 5 heteroatoms. The van der Waals surface area contributed by atoms with Gasteiger partial charge in [0.1, 0.15) is 17.4 Å². The van der Waals surface area contributed by atoms with Crippen molar-refractivity contribution in [3.05, 3.63) is 63.6 Å². The molecular formula is C21H21BrN2O2. The summed E-state index contributed by atoms with van der Waals surface area (Å²) in [6, 6.07) is 14.8. The summed E-state index contributed by atoms with van der Waals surface area (Å²) in [5.41, 5.74) is 2.53. The van der Waals surface area contributed by atoms with E-state index in [-0.39, 0.29) is 5.57 Å². The van der Waals surface area contributed by atoms with Gasteiger partial charge in [-0.1, -0.05) is 37.6 Å². The Hall–Kier alpha value is -2.58. The lowest BCUT2D eigenvalue weighted by atomic mass is 10.1. The van der Waals surface area contributed by atoms with Crippen molar-refractivity contribution in [3.63, 3.8) is 0 Å². The summed E-state index contributed by atoms with van der Waals surface area (Å²) in [5.74, 6) is 0.725. The lowest BCUT2D eigenvalue weighted by Gasteiger charge is -2.11. The maximum absolute atomic E-state index is 12.3. The van der Waals surface area contributed by atoms with Crippen LogP contribution in [0.1, 0.15) is 25.0 Å². The van der Waals surface area contributed by atoms with Gasteiger partial charge in [-0.2, -0.15) is 5.26 Å². The predicted octanol–water partition coefficient (Wildman–Crippen LogP) is 5.34. The van der Waals surface area contributed by atoms with E-state index in [1.165, 1.54) is 0 Å². The maximum Gasteiger partial charge on any atom is 0.266 e. The largest absolute Gasteiger partial charge is 0.492 e. The summed E-state index contributed by atoms with van der Waals surface area (Å²) in [6.45, 7) is 6.75. The highest BCUT2D eigenvalue weighted by molar-refractivity contribution is 9.10. The van der Waals surface area contributed by atoms with Crippen LogP contribution in [0.2, 0.25) is 0 Å². The Bertz CT molecular complexity index is 849. The summed E-state index contributed by atoms with van der Waals surface area (Å²) in [5, 5.41) is 12.1. The zero-order chi connectivity index (χ0) is 19.1. The first-order valence-corrected chi connectivity index (χ1v) is 9.10. The fourth-order valence-electron chi connectivity index (χ4n) is 2.13. The molecule has 1 N–H and O–H groups in total. The van der Waals surface area contributed by atoms with Crippen molar-refractivity contribution in [2.45, 2.75) is 20.8 Å². The Morgan fingerprint density at radius 2 is 1.96 bits per heavy atom. The van der Waals surface area contributed by atoms with E-state index in [9.17, 15) is 10.1 Å². The number of hydrogen-bond donors (Lipinski definition) is 1. The minimum Gasteiger partial charge on any atom is -0.492 e. The molecule has 0 radical (unpaired) electrons. The van der Waals surface area contributed by atoms with E-state index in [0.29, 0.717) is 18.2 Å². The Morgan fingerprint density at radius 1 is 1.27 bits per heavy atom. The topological polar surface area (TPSA) is 62.1 Å². The van der Waals surface area contributed by atoms with Gasteiger partial charge in [-0.3, -0.25) is 4.79 Å². The molecule has 0 aliphatic rings. The Kier molecular flexibility index (Phi) is 6.99. The maximum atomic E-state index is 12.3. The number of hydrogen-bond acceptors (Lipinski definition) is 3. The van der Waals surface area contributed by atoms with E-state index in [1.807, 2.05) is 43.3 Å². The predicted molar refractivity (Wildman–Crippen MR) is 108 cm³/mol. The van der Waals surface area contributed by atoms with Gasteiger partial charge in [0.05, 0.1) is 11.1 Å². The number of rotatable bonds is 6. The number of ether oxygens (including phenoxy) is 1. The number of carbonyl (C=O) groups is 1. The van der Waals surface area contributed by atoms with E-state index in [0.717, 1.165) is 21.3 Å². The molecule has 2 aromatic carbocycles. The summed E-state index contributed by atoms with van der Waals surface area (Å²) in [7, 11) is 0. The molecule has 0 fully saturated rings. The summed E-state index contributed by atoms with van der Waals surface area (Å²) in [6.07, 6.45) is 1.56. The van der Waals surface area contributed by atoms with Gasteiger partial charge in [-0.15, -0.1) is 0 Å². The number of carbonyl (C=O) groups excluding carboxylic acids is 1. The van der Waals surface area contributed by atoms with Gasteiger partial charge in [0, 0.05) is 5.69 Å². The summed E-state index contributed by atoms with van der Waals surface area (Å²) in [4.78, 5) is 12.3. The molecule has 0 heterocycles. The van der Waals surface area contributed by atoms with E-state index in [2.05, 4.69) is 35.1 Å². The average Bonchev–Trinajstić information content (AvgIpc) is 2.60. The van der Waals surface area contributed by atoms with Gasteiger partial charge in [-0.25, -0.2) is 0 Å². The molecule has 134 valence electrons. The SMILES string of the molecule is Cc1ccc(NC(=O)/C(C#N)=C/c2ccc(OCC(C)C)c(Br)c2)cc1. The molecular weight excluding hydrogens is 392 g/mol. The van der Waals surface area contributed by atoms with Crippen molar-refractivity contribution in [2.75, 3.05) is 11.9 Å². The third-order valence-corrected chi connectivity index (χ3v) is 4.13. The quantitative estimate of drug-likeness (QED) is 0.514. The highest BCUT2D eigenvalue weighted by Gasteiger charge is 2.10. The highest BCUT2D eigenvalue weighted by Crippen LogP contribution is 2.27. The van der Waals surface area contributed by atoms with Crippen LogP contribution in [0.15, 0.2) is 52.5 Å². The van der Waals surface area contributed by atoms with Crippen molar-refractivity contribution in [2.24, 2.45) is 5.92 Å². The van der Waals surface area contributed by atoms with Crippen molar-refractivity contribution in [1.29, 1.82) is 5.26 Å². The average molecular weight is 413 g/mol. The van der Waals surface area contributed by atoms with Crippen LogP contribution >= 0.6 is 15.9 Å². The zero-order valence-corrected chi connectivity index (χ0v) is 16.6. The second-order valence-electron chi connectivity index (χ2n) is 6.38. The molecule has 4 nitrogen and oxygen atoms in total. The molecule has 1 amide bonds. The molecule has 2 aromatic rings. The zero-order valence-electron chi connectivity index (χ0n) is 15.0. The molecule has 26 heavy (non-hydrogen) atoms. The van der Waals surface area contributed by atoms with Gasteiger partial charge in [0.15, 0.2) is 0 Å². The molecule has 0 bridgehead atoms. The summed E-state index contributed by atoms with van der Waals surface area (Å²) >= 11 is 3.47. The number of amides is 1. The normalized spacial score (nSPS) is 11.2. The first kappa shape index (κ1) is 19.7. The smallest absolute Gasteiger partial charge is 0.266 e. The minimum atomic E-state index is -0.437. The van der Waals surface area contributed by atoms with Crippen LogP contribution in [0, 0.1) is 24.2 Å². The van der Waals surface area contributed by atoms with Crippen LogP contribution in [0.25, 0.3) is 6.08 Å². The molecule has 0 aromatic heterocycles. The van der Waals surface area contributed by atoms with Gasteiger partial charge < -0.3 is 10.1 Å². The molecule has 0 spiro atoms. The van der Waals surface area contributed by atoms with Crippen molar-refractivity contribution >= 4 is 33.6 Å². The third-order valence-electron chi connectivity index (χ3n) is 3.51. The first-order chi connectivity index (χ1) is 12.4. The number of anilines is 1. The van der Waals surface area contributed by atoms with Crippen molar-refractivity contribution in [3.8, 4) is 11.8 Å². The molecule has 0 saturated carbocycles. The van der Waals surface area contributed by atoms with Crippen molar-refractivity contribution < 1.29 is 9.53 Å². The van der Waals surface area contributed by atoms with Crippen LogP contribution in [-0.4, -0.2) is 12.5 Å². The third kappa shape index (κ3) is 5.75. The van der Waals surface area contributed by atoms with E-state index < -0.39 is 5.91 Å². The molecule has 0 saturated heterocycles. The van der Waals surface area contributed by atoms with Gasteiger partial charge >= 0.3 is 0 Å². The number of nitrogens with one attached hydrogen (secondary N) is 1. The monoisotopic (exact) mass is 412 g/mol. The van der Waals surface area contributed by atoms with Crippen molar-refractivity contribution in [1.82, 2.24) is 0 Å². The first-order valence-electron chi connectivity index (χ1n) is 8.31. The van der Waals surface area contributed by atoms with Gasteiger partial charge in [-0.05, 0) is 64.7 Å². The second-order valence-corrected chi connectivity index (χ2v) is 7.24. The van der Waals surface area contributed by atoms with Gasteiger partial charge in [0.2, 0.25) is 0 Å². The van der Waals surface area contributed by atoms with Crippen LogP contribution < -0.4 is 10.1 Å². The number of halogens is 1. The number of nitrogens with zero attached hydrogens (tertiary/aromatic N) is 1. The minimum absolute atomic E-state index is 0.0355. The number of nitriles is 1. The lowest BCUT2D eigenvalue weighted by molar-refractivity contribution is -0.112. The number of benzene rings is 2. The van der Waals surface area contributed by atoms with E-state index >= 15 is 0 Å². The standard InChI is InChI=1S/C21H21BrN2O2/c1-14(2)13-26-20-9-6-16(11-19(20)22)10-17(12-23)21(25)24-18-7-4-15(3)5-8-18/h4-11,14H,13H2,1-3H3,(H,24,25)/b17-10+. The van der Waals surface area contributed by atoms with Gasteiger partial charge in [0.25, 0.3) is 5.91 Å². The Morgan fingerprint density at radius 3 is 2.54 bits per heavy atom. The lowest BCUT2D eigenvalue weighted by Crippen LogP contribution is -2.13. The second kappa shape index (κ2) is 9.21. The molecule has 0 unspecified atom stereocenters. The highest BCUT2D eigenvalue weighted by atomic mass is 79.9. The molecule has 0 aliphatic heterocycles. The molecule has 2 rings (SSSR count).